The second kappa shape index (κ2) is 28.9. The highest BCUT2D eigenvalue weighted by Crippen LogP contribution is 2.28. The molecule has 84 heavy (non-hydrogen) atoms. The van der Waals surface area contributed by atoms with Crippen molar-refractivity contribution in [1.29, 1.82) is 0 Å². The van der Waals surface area contributed by atoms with Gasteiger partial charge in [-0.3, -0.25) is 29.1 Å². The topological polar surface area (TPSA) is 263 Å². The van der Waals surface area contributed by atoms with Crippen molar-refractivity contribution < 1.29 is 35.4 Å². The van der Waals surface area contributed by atoms with Gasteiger partial charge in [0.15, 0.2) is 0 Å². The number of halogens is 1. The Bertz CT molecular complexity index is 4220. The molecule has 0 aliphatic rings. The van der Waals surface area contributed by atoms with Gasteiger partial charge in [-0.15, -0.1) is 0 Å². The van der Waals surface area contributed by atoms with E-state index in [1.165, 1.54) is 18.6 Å². The summed E-state index contributed by atoms with van der Waals surface area (Å²) in [5.41, 5.74) is 9.26. The maximum absolute atomic E-state index is 13.0. The molecule has 6 heterocycles. The van der Waals surface area contributed by atoms with Crippen molar-refractivity contribution in [1.82, 2.24) is 44.9 Å². The molecule has 0 atom stereocenters. The number of hydrogen-bond donors (Lipinski definition) is 6. The predicted molar refractivity (Wildman–Crippen MR) is 342 cm³/mol. The van der Waals surface area contributed by atoms with Crippen LogP contribution in [0.15, 0.2) is 222 Å². The molecule has 0 fully saturated rings. The standard InChI is InChI=1S/C19H16N4O2S.C18H13FN4O2S.C18H14N4O2S.C3H8.2C2H6.4H2/c1-13-4-7-16(8-5-13)26(24,25)23-15-6-9-17-18(11-15)22-19(21-17)14-3-2-10-20-12-14;19-13-3-6-15(7-4-13)26(24,25)23-14-5-8-16-17(10-14)22-18(21-16)12-2-1-9-20-11-12;23-25(24,15-6-2-1-3-7-15)22-14-8-9-16-17(11-14)21-18(20-16)13-5-4-10-19-12-13;1-3-2;2*1-2;;;;/h2-12,23H,1H3,(H,21,22);1-11,23H,(H,21,22);1-12,22H,(H,20,21);3H2,1-2H3;2*1-2H3;4*1H. The second-order valence-electron chi connectivity index (χ2n) is 17.8. The van der Waals surface area contributed by atoms with Gasteiger partial charge >= 0.3 is 0 Å². The Balaban J connectivity index is 0.000000321. The molecule has 0 amide bonds. The number of aromatic nitrogens is 9. The molecule has 22 heteroatoms. The van der Waals surface area contributed by atoms with Crippen molar-refractivity contribution in [3.8, 4) is 34.2 Å². The molecular weight excluding hydrogens is 1120 g/mol. The number of H-pyrrole nitrogens is 3. The maximum atomic E-state index is 13.0. The zero-order valence-electron chi connectivity index (χ0n) is 47.1. The summed E-state index contributed by atoms with van der Waals surface area (Å²) in [4.78, 5) is 35.7. The Morgan fingerprint density at radius 2 is 0.726 bits per heavy atom. The van der Waals surface area contributed by atoms with Gasteiger partial charge in [0.25, 0.3) is 30.1 Å². The summed E-state index contributed by atoms with van der Waals surface area (Å²) in [5.74, 6) is 1.52. The third-order valence-corrected chi connectivity index (χ3v) is 15.7. The van der Waals surface area contributed by atoms with Crippen molar-refractivity contribution in [2.75, 3.05) is 14.2 Å². The van der Waals surface area contributed by atoms with Crippen LogP contribution in [0.25, 0.3) is 67.3 Å². The number of aryl methyl sites for hydroxylation is 1. The average Bonchev–Trinajstić information content (AvgIpc) is 4.23. The first kappa shape index (κ1) is 62.0. The molecule has 0 bridgehead atoms. The fraction of sp³-hybridized carbons (Fsp3) is 0.129. The molecule has 0 unspecified atom stereocenters. The lowest BCUT2D eigenvalue weighted by atomic mass is 10.2. The number of imidazole rings is 3. The Morgan fingerprint density at radius 1 is 0.417 bits per heavy atom. The number of sulfonamides is 3. The number of aromatic amines is 3. The number of rotatable bonds is 12. The fourth-order valence-electron chi connectivity index (χ4n) is 7.71. The number of pyridine rings is 3. The normalized spacial score (nSPS) is 11.0. The van der Waals surface area contributed by atoms with Crippen molar-refractivity contribution in [2.24, 2.45) is 0 Å². The van der Waals surface area contributed by atoms with Crippen LogP contribution in [0.4, 0.5) is 21.5 Å². The second-order valence-corrected chi connectivity index (χ2v) is 22.8. The number of fused-ring (bicyclic) bond motifs is 3. The number of benzene rings is 6. The zero-order valence-corrected chi connectivity index (χ0v) is 49.5. The predicted octanol–water partition coefficient (Wildman–Crippen LogP) is 15.2. The molecule has 0 saturated carbocycles. The summed E-state index contributed by atoms with van der Waals surface area (Å²) in [5, 5.41) is 0. The molecule has 0 saturated heterocycles. The van der Waals surface area contributed by atoms with Gasteiger partial charge in [0.05, 0.1) is 64.8 Å². The van der Waals surface area contributed by atoms with Gasteiger partial charge in [-0.05, 0) is 146 Å². The molecule has 6 aromatic carbocycles. The van der Waals surface area contributed by atoms with Gasteiger partial charge in [-0.1, -0.05) is 83.9 Å². The van der Waals surface area contributed by atoms with Gasteiger partial charge in [0.1, 0.15) is 23.3 Å². The first-order chi connectivity index (χ1) is 40.6. The van der Waals surface area contributed by atoms with Crippen LogP contribution in [0.3, 0.4) is 0 Å². The SMILES string of the molecule is CC.CC.CCC.Cc1ccc(S(=O)(=O)Nc2ccc3nc(-c4cccnc4)[nH]c3c2)cc1.O=S(=O)(Nc1ccc2nc(-c3cccnc3)[nH]c2c1)c1ccc(F)cc1.O=S(=O)(Nc1ccc2nc(-c3cccnc3)[nH]c2c1)c1ccccc1.[HH].[HH].[HH].[HH]. The lowest BCUT2D eigenvalue weighted by Gasteiger charge is -2.08. The monoisotopic (exact) mass is 1190 g/mol. The Kier molecular flexibility index (Phi) is 21.3. The van der Waals surface area contributed by atoms with E-state index in [0.717, 1.165) is 56.5 Å². The quantitative estimate of drug-likeness (QED) is 0.0667. The van der Waals surface area contributed by atoms with Gasteiger partial charge in [0, 0.05) is 59.6 Å². The molecular formula is C62H71FN12O6S3. The Labute approximate surface area is 494 Å². The van der Waals surface area contributed by atoms with Crippen LogP contribution >= 0.6 is 0 Å². The minimum Gasteiger partial charge on any atom is -0.338 e. The molecule has 6 N–H and O–H groups in total. The average molecular weight is 1200 g/mol. The molecule has 440 valence electrons. The minimum absolute atomic E-state index is 0. The largest absolute Gasteiger partial charge is 0.338 e. The molecule has 0 spiro atoms. The van der Waals surface area contributed by atoms with Crippen LogP contribution in [-0.2, 0) is 30.1 Å². The van der Waals surface area contributed by atoms with Gasteiger partial charge in [-0.25, -0.2) is 44.6 Å². The van der Waals surface area contributed by atoms with Crippen molar-refractivity contribution in [3.63, 3.8) is 0 Å². The van der Waals surface area contributed by atoms with Gasteiger partial charge < -0.3 is 15.0 Å². The zero-order chi connectivity index (χ0) is 60.3. The molecule has 0 radical (unpaired) electrons. The van der Waals surface area contributed by atoms with Crippen LogP contribution in [0.2, 0.25) is 0 Å². The lowest BCUT2D eigenvalue weighted by molar-refractivity contribution is 0.598. The lowest BCUT2D eigenvalue weighted by Crippen LogP contribution is -2.12. The van der Waals surface area contributed by atoms with E-state index in [2.05, 4.69) is 72.9 Å². The molecule has 0 aliphatic heterocycles. The van der Waals surface area contributed by atoms with Crippen LogP contribution in [0, 0.1) is 12.7 Å². The molecule has 12 aromatic rings. The summed E-state index contributed by atoms with van der Waals surface area (Å²) in [6.45, 7) is 14.2. The van der Waals surface area contributed by atoms with E-state index >= 15 is 0 Å². The Morgan fingerprint density at radius 3 is 1.04 bits per heavy atom. The fourth-order valence-corrected chi connectivity index (χ4v) is 10.9. The highest BCUT2D eigenvalue weighted by Gasteiger charge is 2.18. The summed E-state index contributed by atoms with van der Waals surface area (Å²) in [7, 11) is -11.1. The molecule has 12 rings (SSSR count). The van der Waals surface area contributed by atoms with Crippen LogP contribution in [-0.4, -0.2) is 70.1 Å². The molecule has 18 nitrogen and oxygen atoms in total. The minimum atomic E-state index is -3.81. The summed E-state index contributed by atoms with van der Waals surface area (Å²) < 4.78 is 95.4. The van der Waals surface area contributed by atoms with E-state index in [0.29, 0.717) is 45.6 Å². The third-order valence-electron chi connectivity index (χ3n) is 11.5. The van der Waals surface area contributed by atoms with Crippen LogP contribution in [0.5, 0.6) is 0 Å². The Hall–Kier alpha value is -9.64. The van der Waals surface area contributed by atoms with Crippen molar-refractivity contribution in [3.05, 3.63) is 218 Å². The van der Waals surface area contributed by atoms with E-state index < -0.39 is 35.9 Å². The van der Waals surface area contributed by atoms with Crippen molar-refractivity contribution >= 4 is 80.2 Å². The van der Waals surface area contributed by atoms with E-state index in [1.54, 1.807) is 146 Å². The van der Waals surface area contributed by atoms with Gasteiger partial charge in [-0.2, -0.15) is 0 Å². The highest BCUT2D eigenvalue weighted by atomic mass is 32.2. The number of anilines is 3. The molecule has 6 aromatic heterocycles. The first-order valence-corrected chi connectivity index (χ1v) is 31.2. The summed E-state index contributed by atoms with van der Waals surface area (Å²) >= 11 is 0. The smallest absolute Gasteiger partial charge is 0.261 e. The first-order valence-electron chi connectivity index (χ1n) is 26.7. The maximum Gasteiger partial charge on any atom is 0.261 e. The number of nitrogens with zero attached hydrogens (tertiary/aromatic N) is 6. The summed E-state index contributed by atoms with van der Waals surface area (Å²) in [6.07, 6.45) is 11.5. The summed E-state index contributed by atoms with van der Waals surface area (Å²) in [6, 6.07) is 46.2. The van der Waals surface area contributed by atoms with Crippen molar-refractivity contribution in [2.45, 2.75) is 69.6 Å². The van der Waals surface area contributed by atoms with Crippen LogP contribution < -0.4 is 14.2 Å². The number of hydrogen-bond acceptors (Lipinski definition) is 12. The van der Waals surface area contributed by atoms with Gasteiger partial charge in [0.2, 0.25) is 0 Å². The third kappa shape index (κ3) is 16.3. The van der Waals surface area contributed by atoms with E-state index in [1.807, 2.05) is 71.0 Å². The number of nitrogens with one attached hydrogen (secondary N) is 6. The van der Waals surface area contributed by atoms with Crippen LogP contribution in [0.1, 0.15) is 59.2 Å². The highest BCUT2D eigenvalue weighted by molar-refractivity contribution is 7.93. The van der Waals surface area contributed by atoms with E-state index in [4.69, 9.17) is 0 Å². The van der Waals surface area contributed by atoms with E-state index in [9.17, 15) is 29.6 Å². The van der Waals surface area contributed by atoms with E-state index in [-0.39, 0.29) is 20.4 Å². The molecule has 0 aliphatic carbocycles.